The molecular formula is C22H23N. The molecular weight excluding hydrogens is 278 g/mol. The van der Waals surface area contributed by atoms with Crippen molar-refractivity contribution in [3.63, 3.8) is 0 Å². The van der Waals surface area contributed by atoms with Gasteiger partial charge in [-0.15, -0.1) is 0 Å². The average molecular weight is 301 g/mol. The van der Waals surface area contributed by atoms with Crippen LogP contribution >= 0.6 is 0 Å². The van der Waals surface area contributed by atoms with Gasteiger partial charge in [0.15, 0.2) is 0 Å². The minimum Gasteiger partial charge on any atom is -0.374 e. The van der Waals surface area contributed by atoms with Gasteiger partial charge in [0.05, 0.1) is 0 Å². The number of allylic oxidation sites excluding steroid dienone is 1. The number of nitrogens with zero attached hydrogens (tertiary/aromatic N) is 1. The summed E-state index contributed by atoms with van der Waals surface area (Å²) in [6.45, 7) is 5.68. The molecule has 0 aromatic heterocycles. The zero-order chi connectivity index (χ0) is 16.0. The number of rotatable bonds is 1. The topological polar surface area (TPSA) is 3.24 Å². The molecule has 1 aliphatic carbocycles. The lowest BCUT2D eigenvalue weighted by Gasteiger charge is -2.25. The zero-order valence-electron chi connectivity index (χ0n) is 14.2. The molecule has 0 saturated heterocycles. The molecule has 1 nitrogen and oxygen atoms in total. The van der Waals surface area contributed by atoms with Crippen molar-refractivity contribution in [1.29, 1.82) is 0 Å². The summed E-state index contributed by atoms with van der Waals surface area (Å²) in [5.74, 6) is 0. The van der Waals surface area contributed by atoms with Gasteiger partial charge in [0.1, 0.15) is 0 Å². The van der Waals surface area contributed by atoms with Crippen molar-refractivity contribution >= 4 is 17.3 Å². The predicted molar refractivity (Wildman–Crippen MR) is 99.9 cm³/mol. The molecule has 1 aliphatic heterocycles. The van der Waals surface area contributed by atoms with Gasteiger partial charge in [0.25, 0.3) is 0 Å². The van der Waals surface area contributed by atoms with E-state index in [0.29, 0.717) is 0 Å². The fourth-order valence-corrected chi connectivity index (χ4v) is 4.09. The van der Waals surface area contributed by atoms with Crippen molar-refractivity contribution in [1.82, 2.24) is 0 Å². The maximum Gasteiger partial charge on any atom is 0.0476 e. The highest BCUT2D eigenvalue weighted by atomic mass is 15.1. The summed E-state index contributed by atoms with van der Waals surface area (Å²) >= 11 is 0. The van der Waals surface area contributed by atoms with Crippen LogP contribution in [-0.4, -0.2) is 13.6 Å². The van der Waals surface area contributed by atoms with E-state index in [1.54, 1.807) is 0 Å². The van der Waals surface area contributed by atoms with E-state index in [1.165, 1.54) is 44.7 Å². The lowest BCUT2D eigenvalue weighted by atomic mass is 9.88. The van der Waals surface area contributed by atoms with E-state index < -0.39 is 0 Å². The highest BCUT2D eigenvalue weighted by Gasteiger charge is 2.24. The number of fused-ring (bicyclic) bond motifs is 2. The molecule has 0 fully saturated rings. The summed E-state index contributed by atoms with van der Waals surface area (Å²) in [6, 6.07) is 13.3. The molecule has 4 rings (SSSR count). The van der Waals surface area contributed by atoms with Gasteiger partial charge >= 0.3 is 0 Å². The third kappa shape index (κ3) is 2.23. The van der Waals surface area contributed by atoms with Gasteiger partial charge in [-0.3, -0.25) is 0 Å². The van der Waals surface area contributed by atoms with Gasteiger partial charge in [-0.25, -0.2) is 0 Å². The summed E-state index contributed by atoms with van der Waals surface area (Å²) in [5, 5.41) is 0. The Hall–Kier alpha value is -2.28. The van der Waals surface area contributed by atoms with E-state index in [0.717, 1.165) is 19.4 Å². The molecule has 0 bridgehead atoms. The van der Waals surface area contributed by atoms with E-state index >= 15 is 0 Å². The molecule has 0 unspecified atom stereocenters. The SMILES string of the molecule is CC1=C(c2ccccc2)c2cc3c(c(C)c2N(C)CC1)CC=C3. The van der Waals surface area contributed by atoms with Crippen LogP contribution in [0, 0.1) is 6.92 Å². The van der Waals surface area contributed by atoms with Crippen LogP contribution < -0.4 is 4.90 Å². The Labute approximate surface area is 139 Å². The van der Waals surface area contributed by atoms with E-state index in [4.69, 9.17) is 0 Å². The fourth-order valence-electron chi connectivity index (χ4n) is 4.09. The summed E-state index contributed by atoms with van der Waals surface area (Å²) in [5.41, 5.74) is 11.4. The molecule has 1 heterocycles. The second-order valence-corrected chi connectivity index (χ2v) is 6.76. The predicted octanol–water partition coefficient (Wildman–Crippen LogP) is 5.23. The van der Waals surface area contributed by atoms with Gasteiger partial charge in [-0.2, -0.15) is 0 Å². The minimum absolute atomic E-state index is 1.08. The largest absolute Gasteiger partial charge is 0.374 e. The number of hydrogen-bond donors (Lipinski definition) is 0. The summed E-state index contributed by atoms with van der Waals surface area (Å²) in [6.07, 6.45) is 6.77. The molecule has 0 amide bonds. The van der Waals surface area contributed by atoms with Crippen LogP contribution in [-0.2, 0) is 6.42 Å². The van der Waals surface area contributed by atoms with Crippen molar-refractivity contribution in [2.75, 3.05) is 18.5 Å². The van der Waals surface area contributed by atoms with Gasteiger partial charge < -0.3 is 4.90 Å². The standard InChI is InChI=1S/C22H23N/c1-15-12-13-23(3)22-16(2)19-11-7-10-18(19)14-20(22)21(15)17-8-5-4-6-9-17/h4-10,14H,11-13H2,1-3H3. The monoisotopic (exact) mass is 301 g/mol. The van der Waals surface area contributed by atoms with Crippen LogP contribution in [0.4, 0.5) is 5.69 Å². The second-order valence-electron chi connectivity index (χ2n) is 6.76. The van der Waals surface area contributed by atoms with E-state index in [1.807, 2.05) is 0 Å². The first kappa shape index (κ1) is 14.3. The third-order valence-electron chi connectivity index (χ3n) is 5.29. The van der Waals surface area contributed by atoms with E-state index in [2.05, 4.69) is 74.3 Å². The molecule has 0 radical (unpaired) electrons. The van der Waals surface area contributed by atoms with Crippen LogP contribution in [0.2, 0.25) is 0 Å². The summed E-state index contributed by atoms with van der Waals surface area (Å²) < 4.78 is 0. The normalized spacial score (nSPS) is 16.4. The maximum absolute atomic E-state index is 2.45. The van der Waals surface area contributed by atoms with Gasteiger partial charge in [-0.1, -0.05) is 48.1 Å². The van der Waals surface area contributed by atoms with Crippen molar-refractivity contribution in [3.05, 3.63) is 75.9 Å². The van der Waals surface area contributed by atoms with Crippen molar-refractivity contribution < 1.29 is 0 Å². The fraction of sp³-hybridized carbons (Fsp3) is 0.273. The summed E-state index contributed by atoms with van der Waals surface area (Å²) in [4.78, 5) is 2.45. The second kappa shape index (κ2) is 5.42. The lowest BCUT2D eigenvalue weighted by molar-refractivity contribution is 0.873. The third-order valence-corrected chi connectivity index (χ3v) is 5.29. The number of hydrogen-bond acceptors (Lipinski definition) is 1. The average Bonchev–Trinajstić information content (AvgIpc) is 2.98. The molecule has 1 heteroatoms. The summed E-state index contributed by atoms with van der Waals surface area (Å²) in [7, 11) is 2.24. The maximum atomic E-state index is 2.45. The van der Waals surface area contributed by atoms with Crippen LogP contribution in [0.3, 0.4) is 0 Å². The lowest BCUT2D eigenvalue weighted by Crippen LogP contribution is -2.20. The highest BCUT2D eigenvalue weighted by molar-refractivity contribution is 5.92. The quantitative estimate of drug-likeness (QED) is 0.697. The molecule has 2 aliphatic rings. The molecule has 0 atom stereocenters. The number of anilines is 1. The molecule has 0 spiro atoms. The first-order valence-corrected chi connectivity index (χ1v) is 8.46. The number of benzene rings is 2. The molecule has 2 aromatic rings. The van der Waals surface area contributed by atoms with Crippen molar-refractivity contribution in [2.24, 2.45) is 0 Å². The molecule has 2 aromatic carbocycles. The Morgan fingerprint density at radius 2 is 1.83 bits per heavy atom. The molecule has 23 heavy (non-hydrogen) atoms. The van der Waals surface area contributed by atoms with Gasteiger partial charge in [0, 0.05) is 24.8 Å². The van der Waals surface area contributed by atoms with Gasteiger partial charge in [-0.05, 0) is 60.6 Å². The molecule has 0 N–H and O–H groups in total. The zero-order valence-corrected chi connectivity index (χ0v) is 14.2. The first-order chi connectivity index (χ1) is 11.2. The van der Waals surface area contributed by atoms with Crippen LogP contribution in [0.25, 0.3) is 11.6 Å². The first-order valence-electron chi connectivity index (χ1n) is 8.46. The Morgan fingerprint density at radius 1 is 1.04 bits per heavy atom. The minimum atomic E-state index is 1.08. The Morgan fingerprint density at radius 3 is 2.61 bits per heavy atom. The van der Waals surface area contributed by atoms with Crippen molar-refractivity contribution in [3.8, 4) is 0 Å². The Bertz CT molecular complexity index is 825. The van der Waals surface area contributed by atoms with E-state index in [9.17, 15) is 0 Å². The molecule has 116 valence electrons. The molecule has 0 saturated carbocycles. The van der Waals surface area contributed by atoms with Crippen LogP contribution in [0.1, 0.15) is 41.2 Å². The Balaban J connectivity index is 2.03. The van der Waals surface area contributed by atoms with Crippen molar-refractivity contribution in [2.45, 2.75) is 26.7 Å². The van der Waals surface area contributed by atoms with E-state index in [-0.39, 0.29) is 0 Å². The smallest absolute Gasteiger partial charge is 0.0476 e. The van der Waals surface area contributed by atoms with Crippen LogP contribution in [0.15, 0.2) is 48.0 Å². The van der Waals surface area contributed by atoms with Crippen LogP contribution in [0.5, 0.6) is 0 Å². The highest BCUT2D eigenvalue weighted by Crippen LogP contribution is 2.42. The Kier molecular flexibility index (Phi) is 3.37. The van der Waals surface area contributed by atoms with Gasteiger partial charge in [0.2, 0.25) is 0 Å².